The van der Waals surface area contributed by atoms with Gasteiger partial charge in [0, 0.05) is 5.92 Å². The maximum atomic E-state index is 12.3. The number of carbonyl (C=O) groups is 1. The zero-order valence-corrected chi connectivity index (χ0v) is 14.3. The Morgan fingerprint density at radius 3 is 2.91 bits per heavy atom. The van der Waals surface area contributed by atoms with Crippen LogP contribution in [0.1, 0.15) is 58.3 Å². The Hall–Kier alpha value is -0.890. The fourth-order valence-electron chi connectivity index (χ4n) is 6.64. The fourth-order valence-corrected chi connectivity index (χ4v) is 6.64. The van der Waals surface area contributed by atoms with Crippen LogP contribution >= 0.6 is 0 Å². The van der Waals surface area contributed by atoms with Gasteiger partial charge in [-0.15, -0.1) is 6.58 Å². The molecule has 0 bridgehead atoms. The third-order valence-electron chi connectivity index (χ3n) is 7.92. The molecule has 0 heterocycles. The molecular formula is C21H30O2. The van der Waals surface area contributed by atoms with Crippen molar-refractivity contribution >= 4 is 5.78 Å². The molecule has 0 saturated heterocycles. The van der Waals surface area contributed by atoms with Crippen molar-refractivity contribution in [3.63, 3.8) is 0 Å². The van der Waals surface area contributed by atoms with E-state index in [1.54, 1.807) is 0 Å². The molecule has 1 N–H and O–H groups in total. The number of ketones is 1. The van der Waals surface area contributed by atoms with Crippen LogP contribution in [0.15, 0.2) is 24.3 Å². The Labute approximate surface area is 140 Å². The molecule has 0 spiro atoms. The van der Waals surface area contributed by atoms with Crippen molar-refractivity contribution in [2.24, 2.45) is 35.0 Å². The van der Waals surface area contributed by atoms with E-state index in [9.17, 15) is 9.90 Å². The van der Waals surface area contributed by atoms with E-state index >= 15 is 0 Å². The van der Waals surface area contributed by atoms with E-state index in [-0.39, 0.29) is 17.4 Å². The van der Waals surface area contributed by atoms with Gasteiger partial charge in [0.05, 0.1) is 6.10 Å². The number of rotatable bonds is 2. The second kappa shape index (κ2) is 5.58. The summed E-state index contributed by atoms with van der Waals surface area (Å²) in [5.74, 6) is 3.35. The minimum Gasteiger partial charge on any atom is -0.393 e. The molecule has 0 aromatic carbocycles. The highest BCUT2D eigenvalue weighted by Crippen LogP contribution is 2.62. The van der Waals surface area contributed by atoms with Crippen molar-refractivity contribution < 1.29 is 9.90 Å². The second-order valence-corrected chi connectivity index (χ2v) is 8.80. The van der Waals surface area contributed by atoms with Crippen LogP contribution in [0.5, 0.6) is 0 Å². The Morgan fingerprint density at radius 1 is 1.30 bits per heavy atom. The summed E-state index contributed by atoms with van der Waals surface area (Å²) in [7, 11) is 0. The summed E-state index contributed by atoms with van der Waals surface area (Å²) in [6.45, 7) is 6.17. The van der Waals surface area contributed by atoms with Crippen LogP contribution in [-0.4, -0.2) is 17.0 Å². The zero-order valence-electron chi connectivity index (χ0n) is 14.3. The first-order chi connectivity index (χ1) is 11.0. The largest absolute Gasteiger partial charge is 0.393 e. The minimum atomic E-state index is -0.0909. The smallest absolute Gasteiger partial charge is 0.159 e. The standard InChI is InChI=1S/C21H30O2/c1-3-4-14-11-17-13(12-19(14)22)5-6-16-15(17)9-10-21(2)18(16)7-8-20(21)23/h3,12,14-18,20,23H,1,4-11H2,2H3/t14?,15-,16+,17-,18-,20-,21-/m0/s1. The van der Waals surface area contributed by atoms with E-state index in [0.717, 1.165) is 37.5 Å². The maximum absolute atomic E-state index is 12.3. The van der Waals surface area contributed by atoms with E-state index in [4.69, 9.17) is 0 Å². The number of hydrogen-bond donors (Lipinski definition) is 1. The molecule has 4 aliphatic rings. The lowest BCUT2D eigenvalue weighted by atomic mass is 9.51. The van der Waals surface area contributed by atoms with Gasteiger partial charge in [0.2, 0.25) is 0 Å². The van der Waals surface area contributed by atoms with Crippen molar-refractivity contribution in [3.8, 4) is 0 Å². The molecule has 2 heteroatoms. The van der Waals surface area contributed by atoms with E-state index < -0.39 is 0 Å². The molecule has 0 aromatic heterocycles. The summed E-state index contributed by atoms with van der Waals surface area (Å²) >= 11 is 0. The summed E-state index contributed by atoms with van der Waals surface area (Å²) in [6, 6.07) is 0. The van der Waals surface area contributed by atoms with Gasteiger partial charge in [0.1, 0.15) is 0 Å². The van der Waals surface area contributed by atoms with E-state index in [1.165, 1.54) is 31.3 Å². The molecule has 0 radical (unpaired) electrons. The van der Waals surface area contributed by atoms with Crippen molar-refractivity contribution in [2.75, 3.05) is 0 Å². The first-order valence-electron chi connectivity index (χ1n) is 9.58. The molecule has 4 rings (SSSR count). The van der Waals surface area contributed by atoms with Crippen molar-refractivity contribution in [2.45, 2.75) is 64.4 Å². The lowest BCUT2D eigenvalue weighted by molar-refractivity contribution is -0.120. The molecule has 1 unspecified atom stereocenters. The van der Waals surface area contributed by atoms with Gasteiger partial charge in [-0.2, -0.15) is 0 Å². The zero-order chi connectivity index (χ0) is 16.2. The topological polar surface area (TPSA) is 37.3 Å². The highest BCUT2D eigenvalue weighted by atomic mass is 16.3. The number of aliphatic hydroxyl groups excluding tert-OH is 1. The third-order valence-corrected chi connectivity index (χ3v) is 7.92. The van der Waals surface area contributed by atoms with Gasteiger partial charge in [0.15, 0.2) is 5.78 Å². The summed E-state index contributed by atoms with van der Waals surface area (Å²) in [5.41, 5.74) is 1.60. The first-order valence-corrected chi connectivity index (χ1v) is 9.58. The molecule has 0 amide bonds. The maximum Gasteiger partial charge on any atom is 0.159 e. The average Bonchev–Trinajstić information content (AvgIpc) is 2.84. The molecule has 3 fully saturated rings. The van der Waals surface area contributed by atoms with Crippen LogP contribution in [0.4, 0.5) is 0 Å². The lowest BCUT2D eigenvalue weighted by Crippen LogP contribution is -2.48. The molecule has 0 aliphatic heterocycles. The van der Waals surface area contributed by atoms with Crippen molar-refractivity contribution in [1.82, 2.24) is 0 Å². The number of aliphatic hydroxyl groups is 1. The Morgan fingerprint density at radius 2 is 2.13 bits per heavy atom. The lowest BCUT2D eigenvalue weighted by Gasteiger charge is -2.53. The molecule has 23 heavy (non-hydrogen) atoms. The highest BCUT2D eigenvalue weighted by molar-refractivity contribution is 5.93. The predicted octanol–water partition coefficient (Wildman–Crippen LogP) is 4.29. The van der Waals surface area contributed by atoms with Gasteiger partial charge in [-0.25, -0.2) is 0 Å². The average molecular weight is 314 g/mol. The number of hydrogen-bond acceptors (Lipinski definition) is 2. The third kappa shape index (κ3) is 2.28. The fraction of sp³-hybridized carbons (Fsp3) is 0.762. The van der Waals surface area contributed by atoms with Gasteiger partial charge in [-0.3, -0.25) is 4.79 Å². The normalized spacial score (nSPS) is 49.0. The van der Waals surface area contributed by atoms with Crippen molar-refractivity contribution in [3.05, 3.63) is 24.3 Å². The molecule has 126 valence electrons. The van der Waals surface area contributed by atoms with Gasteiger partial charge in [-0.1, -0.05) is 18.6 Å². The van der Waals surface area contributed by atoms with E-state index in [0.29, 0.717) is 17.6 Å². The monoisotopic (exact) mass is 314 g/mol. The van der Waals surface area contributed by atoms with Crippen LogP contribution < -0.4 is 0 Å². The minimum absolute atomic E-state index is 0.0909. The summed E-state index contributed by atoms with van der Waals surface area (Å²) < 4.78 is 0. The Balaban J connectivity index is 1.60. The number of allylic oxidation sites excluding steroid dienone is 2. The van der Waals surface area contributed by atoms with Crippen LogP contribution in [0, 0.1) is 35.0 Å². The molecular weight excluding hydrogens is 284 g/mol. The second-order valence-electron chi connectivity index (χ2n) is 8.80. The highest BCUT2D eigenvalue weighted by Gasteiger charge is 2.56. The van der Waals surface area contributed by atoms with Crippen LogP contribution in [0.3, 0.4) is 0 Å². The van der Waals surface area contributed by atoms with Crippen molar-refractivity contribution in [1.29, 1.82) is 0 Å². The van der Waals surface area contributed by atoms with Crippen LogP contribution in [0.2, 0.25) is 0 Å². The summed E-state index contributed by atoms with van der Waals surface area (Å²) in [6.07, 6.45) is 12.7. The quantitative estimate of drug-likeness (QED) is 0.772. The summed E-state index contributed by atoms with van der Waals surface area (Å²) in [5, 5.41) is 10.5. The van der Waals surface area contributed by atoms with Gasteiger partial charge >= 0.3 is 0 Å². The van der Waals surface area contributed by atoms with E-state index in [1.807, 2.05) is 12.2 Å². The number of fused-ring (bicyclic) bond motifs is 5. The predicted molar refractivity (Wildman–Crippen MR) is 91.8 cm³/mol. The summed E-state index contributed by atoms with van der Waals surface area (Å²) in [4.78, 5) is 12.3. The van der Waals surface area contributed by atoms with Crippen LogP contribution in [0.25, 0.3) is 0 Å². The van der Waals surface area contributed by atoms with Gasteiger partial charge < -0.3 is 5.11 Å². The number of carbonyl (C=O) groups excluding carboxylic acids is 1. The molecule has 0 aromatic rings. The SMILES string of the molecule is C=CCC1C[C@H]2C(=CC1=O)CC[C@@H]1[C@@H]2CC[C@]2(C)[C@@H](O)CC[C@@H]12. The van der Waals surface area contributed by atoms with E-state index in [2.05, 4.69) is 13.5 Å². The van der Waals surface area contributed by atoms with Gasteiger partial charge in [0.25, 0.3) is 0 Å². The Bertz CT molecular complexity index is 548. The molecule has 3 saturated carbocycles. The van der Waals surface area contributed by atoms with Gasteiger partial charge in [-0.05, 0) is 86.5 Å². The van der Waals surface area contributed by atoms with Crippen LogP contribution in [-0.2, 0) is 4.79 Å². The Kier molecular flexibility index (Phi) is 3.79. The first kappa shape index (κ1) is 15.6. The molecule has 4 aliphatic carbocycles. The molecule has 2 nitrogen and oxygen atoms in total. The molecule has 7 atom stereocenters.